The van der Waals surface area contributed by atoms with Crippen molar-refractivity contribution in [2.24, 2.45) is 29.6 Å². The maximum atomic E-state index is 13.6. The van der Waals surface area contributed by atoms with Crippen molar-refractivity contribution >= 4 is 11.9 Å². The number of carboxylic acids is 1. The van der Waals surface area contributed by atoms with E-state index in [2.05, 4.69) is 15.3 Å². The molecule has 38 heavy (non-hydrogen) atoms. The summed E-state index contributed by atoms with van der Waals surface area (Å²) in [5.74, 6) is 1.34. The number of likely N-dealkylation sites (tertiary alicyclic amines) is 1. The molecular formula is C29H44N4O5. The Hall–Kier alpha value is -2.13. The molecule has 0 radical (unpaired) electrons. The van der Waals surface area contributed by atoms with Crippen LogP contribution in [-0.2, 0) is 11.3 Å². The molecule has 6 aliphatic rings. The van der Waals surface area contributed by atoms with E-state index in [9.17, 15) is 19.8 Å². The van der Waals surface area contributed by atoms with Crippen LogP contribution in [0.25, 0.3) is 0 Å². The molecule has 1 aromatic heterocycles. The number of hydrogen-bond donors (Lipinski definition) is 3. The zero-order valence-corrected chi connectivity index (χ0v) is 22.5. The van der Waals surface area contributed by atoms with Gasteiger partial charge in [0.25, 0.3) is 5.91 Å². The van der Waals surface area contributed by atoms with Gasteiger partial charge in [0, 0.05) is 12.6 Å². The lowest BCUT2D eigenvalue weighted by molar-refractivity contribution is -0.143. The Labute approximate surface area is 225 Å². The number of nitrogens with one attached hydrogen (secondary N) is 1. The molecule has 2 atom stereocenters. The first-order valence-electron chi connectivity index (χ1n) is 15.0. The Kier molecular flexibility index (Phi) is 7.42. The van der Waals surface area contributed by atoms with Crippen LogP contribution in [0.4, 0.5) is 0 Å². The summed E-state index contributed by atoms with van der Waals surface area (Å²) < 4.78 is 8.22. The van der Waals surface area contributed by atoms with Crippen LogP contribution in [0.1, 0.15) is 87.4 Å². The molecule has 7 rings (SSSR count). The van der Waals surface area contributed by atoms with Gasteiger partial charge in [-0.25, -0.2) is 4.68 Å². The average molecular weight is 529 g/mol. The molecule has 1 aliphatic heterocycles. The van der Waals surface area contributed by atoms with Crippen molar-refractivity contribution in [2.75, 3.05) is 26.2 Å². The van der Waals surface area contributed by atoms with Gasteiger partial charge in [-0.15, -0.1) is 0 Å². The molecule has 2 unspecified atom stereocenters. The third-order valence-corrected chi connectivity index (χ3v) is 10.3. The number of amides is 1. The van der Waals surface area contributed by atoms with E-state index in [4.69, 9.17) is 4.74 Å². The lowest BCUT2D eigenvalue weighted by Gasteiger charge is -2.58. The molecule has 6 fully saturated rings. The number of nitrogens with zero attached hydrogens (tertiary/aromatic N) is 3. The summed E-state index contributed by atoms with van der Waals surface area (Å²) in [6.45, 7) is 3.50. The fourth-order valence-corrected chi connectivity index (χ4v) is 8.48. The van der Waals surface area contributed by atoms with Gasteiger partial charge in [0.1, 0.15) is 5.56 Å². The van der Waals surface area contributed by atoms with Gasteiger partial charge in [0.05, 0.1) is 30.9 Å². The highest BCUT2D eigenvalue weighted by Gasteiger charge is 2.55. The van der Waals surface area contributed by atoms with Crippen molar-refractivity contribution in [1.82, 2.24) is 20.0 Å². The van der Waals surface area contributed by atoms with Gasteiger partial charge in [0.2, 0.25) is 5.88 Å². The first-order valence-corrected chi connectivity index (χ1v) is 15.0. The number of carbonyl (C=O) groups excluding carboxylic acids is 1. The van der Waals surface area contributed by atoms with Gasteiger partial charge in [-0.1, -0.05) is 19.3 Å². The molecule has 2 heterocycles. The van der Waals surface area contributed by atoms with Gasteiger partial charge in [-0.3, -0.25) is 9.59 Å². The minimum Gasteiger partial charge on any atom is -0.481 e. The third-order valence-electron chi connectivity index (χ3n) is 10.3. The van der Waals surface area contributed by atoms with Crippen LogP contribution in [0.2, 0.25) is 0 Å². The van der Waals surface area contributed by atoms with Crippen LogP contribution in [0.15, 0.2) is 6.20 Å². The number of piperidine rings is 1. The molecule has 5 aliphatic carbocycles. The maximum Gasteiger partial charge on any atom is 0.306 e. The van der Waals surface area contributed by atoms with E-state index in [1.807, 2.05) is 4.68 Å². The summed E-state index contributed by atoms with van der Waals surface area (Å²) in [5.41, 5.74) is -0.00608. The number of aliphatic hydroxyl groups is 1. The Morgan fingerprint density at radius 3 is 2.39 bits per heavy atom. The number of carbonyl (C=O) groups is 2. The van der Waals surface area contributed by atoms with Crippen LogP contribution in [0.3, 0.4) is 0 Å². The Bertz CT molecular complexity index is 997. The summed E-state index contributed by atoms with van der Waals surface area (Å²) in [6, 6.07) is 0.115. The Morgan fingerprint density at radius 2 is 1.74 bits per heavy atom. The van der Waals surface area contributed by atoms with E-state index in [0.29, 0.717) is 61.1 Å². The molecule has 5 saturated carbocycles. The van der Waals surface area contributed by atoms with Crippen molar-refractivity contribution in [2.45, 2.75) is 95.2 Å². The third kappa shape index (κ3) is 5.46. The van der Waals surface area contributed by atoms with Crippen LogP contribution >= 0.6 is 0 Å². The number of hydrogen-bond acceptors (Lipinski definition) is 6. The molecule has 9 heteroatoms. The van der Waals surface area contributed by atoms with Gasteiger partial charge in [0.15, 0.2) is 0 Å². The first-order chi connectivity index (χ1) is 18.4. The van der Waals surface area contributed by atoms with Crippen molar-refractivity contribution in [1.29, 1.82) is 0 Å². The highest BCUT2D eigenvalue weighted by molar-refractivity contribution is 5.96. The topological polar surface area (TPSA) is 117 Å². The fourth-order valence-electron chi connectivity index (χ4n) is 8.48. The quantitative estimate of drug-likeness (QED) is 0.450. The molecule has 0 spiro atoms. The van der Waals surface area contributed by atoms with Crippen LogP contribution < -0.4 is 10.1 Å². The second-order valence-corrected chi connectivity index (χ2v) is 13.0. The molecular weight excluding hydrogens is 484 g/mol. The number of aromatic nitrogens is 2. The molecule has 4 bridgehead atoms. The molecule has 1 saturated heterocycles. The van der Waals surface area contributed by atoms with Gasteiger partial charge in [-0.2, -0.15) is 5.10 Å². The number of aliphatic carboxylic acids is 1. The van der Waals surface area contributed by atoms with Crippen LogP contribution in [0.5, 0.6) is 5.88 Å². The predicted molar refractivity (Wildman–Crippen MR) is 141 cm³/mol. The molecule has 9 nitrogen and oxygen atoms in total. The van der Waals surface area contributed by atoms with E-state index < -0.39 is 11.6 Å². The lowest BCUT2D eigenvalue weighted by Crippen LogP contribution is -2.61. The summed E-state index contributed by atoms with van der Waals surface area (Å²) in [5, 5.41) is 28.2. The zero-order chi connectivity index (χ0) is 26.3. The van der Waals surface area contributed by atoms with Crippen molar-refractivity contribution in [3.63, 3.8) is 0 Å². The van der Waals surface area contributed by atoms with Gasteiger partial charge >= 0.3 is 5.97 Å². The molecule has 0 aromatic carbocycles. The molecule has 3 N–H and O–H groups in total. The highest BCUT2D eigenvalue weighted by atomic mass is 16.5. The maximum absolute atomic E-state index is 13.6. The predicted octanol–water partition coefficient (Wildman–Crippen LogP) is 3.31. The van der Waals surface area contributed by atoms with Crippen LogP contribution in [0, 0.1) is 29.6 Å². The molecule has 210 valence electrons. The highest BCUT2D eigenvalue weighted by Crippen LogP contribution is 2.55. The van der Waals surface area contributed by atoms with Crippen molar-refractivity contribution in [3.05, 3.63) is 11.8 Å². The van der Waals surface area contributed by atoms with E-state index in [1.165, 1.54) is 32.1 Å². The standard InChI is InChI=1S/C29H44N4O5/c34-26(31-25-22-12-20-13-23(25)16-29(37,14-20)15-22)24-17-30-33(27(24)38-18-19-4-2-1-3-5-19)11-10-32-8-6-21(7-9-32)28(35)36/h17,19-23,25,37H,1-16,18H2,(H,31,34)(H,35,36). The smallest absolute Gasteiger partial charge is 0.306 e. The van der Waals surface area contributed by atoms with Gasteiger partial charge in [-0.05, 0) is 94.5 Å². The Balaban J connectivity index is 1.13. The summed E-state index contributed by atoms with van der Waals surface area (Å²) in [4.78, 5) is 27.2. The number of carboxylic acid groups (broad SMARTS) is 1. The fraction of sp³-hybridized carbons (Fsp3) is 0.828. The first kappa shape index (κ1) is 26.1. The van der Waals surface area contributed by atoms with E-state index in [0.717, 1.165) is 51.7 Å². The number of ether oxygens (including phenoxy) is 1. The van der Waals surface area contributed by atoms with E-state index in [-0.39, 0.29) is 17.9 Å². The monoisotopic (exact) mass is 528 g/mol. The number of rotatable bonds is 9. The summed E-state index contributed by atoms with van der Waals surface area (Å²) in [7, 11) is 0. The largest absolute Gasteiger partial charge is 0.481 e. The molecule has 1 aromatic rings. The van der Waals surface area contributed by atoms with Gasteiger partial charge < -0.3 is 25.2 Å². The second-order valence-electron chi connectivity index (χ2n) is 13.0. The van der Waals surface area contributed by atoms with E-state index >= 15 is 0 Å². The zero-order valence-electron chi connectivity index (χ0n) is 22.5. The average Bonchev–Trinajstić information content (AvgIpc) is 3.31. The minimum absolute atomic E-state index is 0.110. The second kappa shape index (κ2) is 10.8. The molecule has 1 amide bonds. The van der Waals surface area contributed by atoms with E-state index in [1.54, 1.807) is 6.20 Å². The minimum atomic E-state index is -0.695. The van der Waals surface area contributed by atoms with Crippen molar-refractivity contribution in [3.8, 4) is 5.88 Å². The SMILES string of the molecule is O=C(NC1C2CC3CC1CC(O)(C3)C2)c1cnn(CCN2CCC(C(=O)O)CC2)c1OCC1CCCCC1. The summed E-state index contributed by atoms with van der Waals surface area (Å²) in [6.07, 6.45) is 13.9. The van der Waals surface area contributed by atoms with Crippen molar-refractivity contribution < 1.29 is 24.5 Å². The normalized spacial score (nSPS) is 33.9. The lowest BCUT2D eigenvalue weighted by atomic mass is 9.52. The van der Waals surface area contributed by atoms with Crippen LogP contribution in [-0.4, -0.2) is 74.7 Å². The Morgan fingerprint density at radius 1 is 1.03 bits per heavy atom. The summed E-state index contributed by atoms with van der Waals surface area (Å²) >= 11 is 0.